The van der Waals surface area contributed by atoms with E-state index < -0.39 is 12.3 Å². The van der Waals surface area contributed by atoms with Crippen molar-refractivity contribution in [2.75, 3.05) is 37.6 Å². The van der Waals surface area contributed by atoms with Crippen molar-refractivity contribution in [2.45, 2.75) is 134 Å². The van der Waals surface area contributed by atoms with Gasteiger partial charge in [-0.3, -0.25) is 14.2 Å². The zero-order chi connectivity index (χ0) is 35.3. The molecule has 1 aromatic heterocycles. The number of carbonyl (C=O) groups is 2. The highest BCUT2D eigenvalue weighted by atomic mass is 16.5. The van der Waals surface area contributed by atoms with Gasteiger partial charge >= 0.3 is 5.69 Å². The molecule has 6 N–H and O–H groups in total. The Morgan fingerprint density at radius 3 is 1.80 bits per heavy atom. The van der Waals surface area contributed by atoms with E-state index in [0.717, 1.165) is 53.9 Å². The summed E-state index contributed by atoms with van der Waals surface area (Å²) in [5, 5.41) is 6.63. The molecule has 8 saturated carbocycles. The van der Waals surface area contributed by atoms with Gasteiger partial charge in [0.15, 0.2) is 0 Å². The Morgan fingerprint density at radius 1 is 0.824 bits per heavy atom. The fraction of sp³-hybridized carbons (Fsp3) is 0.850. The van der Waals surface area contributed by atoms with Crippen molar-refractivity contribution in [3.63, 3.8) is 0 Å². The third kappa shape index (κ3) is 7.50. The minimum Gasteiger partial charge on any atom is -0.356 e. The van der Waals surface area contributed by atoms with Crippen LogP contribution in [0.25, 0.3) is 0 Å². The summed E-state index contributed by atoms with van der Waals surface area (Å²) >= 11 is 0. The number of nitrogens with zero attached hydrogens (tertiary/aromatic N) is 3. The third-order valence-electron chi connectivity index (χ3n) is 14.5. The summed E-state index contributed by atoms with van der Waals surface area (Å²) in [7, 11) is 0. The molecule has 11 heteroatoms. The molecule has 3 atom stereocenters. The van der Waals surface area contributed by atoms with Crippen molar-refractivity contribution in [1.82, 2.24) is 20.2 Å². The number of hydrogen-bond donors (Lipinski definition) is 4. The van der Waals surface area contributed by atoms with Crippen LogP contribution in [0, 0.1) is 53.3 Å². The van der Waals surface area contributed by atoms with Crippen molar-refractivity contribution in [1.29, 1.82) is 0 Å². The normalized spacial score (nSPS) is 38.7. The second-order valence-electron chi connectivity index (χ2n) is 18.7. The van der Waals surface area contributed by atoms with E-state index in [1.54, 1.807) is 4.57 Å². The van der Waals surface area contributed by atoms with Crippen molar-refractivity contribution in [3.8, 4) is 0 Å². The van der Waals surface area contributed by atoms with Gasteiger partial charge in [-0.15, -0.1) is 0 Å². The first-order valence-electron chi connectivity index (χ1n) is 20.6. The Morgan fingerprint density at radius 2 is 1.31 bits per heavy atom. The van der Waals surface area contributed by atoms with Crippen LogP contribution in [0.1, 0.15) is 121 Å². The molecule has 1 saturated heterocycles. The van der Waals surface area contributed by atoms with E-state index in [4.69, 9.17) is 16.2 Å². The predicted molar refractivity (Wildman–Crippen MR) is 197 cm³/mol. The van der Waals surface area contributed by atoms with Crippen LogP contribution in [-0.4, -0.2) is 66.2 Å². The molecular formula is C40H63N7O4. The Labute approximate surface area is 303 Å². The number of aromatic nitrogens is 2. The van der Waals surface area contributed by atoms with Gasteiger partial charge in [0.1, 0.15) is 12.0 Å². The standard InChI is InChI=1S/C40H63N7O4/c1-25-24-47(38(50)45-37(25)46(6-2-4-41)7-3-5-42)36-14-32(44-35(49)22-40-18-29-11-30(19-40)13-31(12-29)20-40)33(51-36)23-43-34(48)21-39-15-26-8-27(16-39)10-28(9-26)17-39/h24,26-33,36H,2-23,41-42H2,1H3,(H,43,48)(H,44,49)/t26?,27?,28?,29?,30?,31?,32-,33+,36+,39?,40?/m0/s1. The van der Waals surface area contributed by atoms with Crippen LogP contribution < -0.4 is 32.7 Å². The molecule has 10 rings (SSSR count). The van der Waals surface area contributed by atoms with Gasteiger partial charge in [0, 0.05) is 50.7 Å². The monoisotopic (exact) mass is 705 g/mol. The van der Waals surface area contributed by atoms with Crippen LogP contribution in [0.4, 0.5) is 5.82 Å². The highest BCUT2D eigenvalue weighted by Crippen LogP contribution is 2.62. The summed E-state index contributed by atoms with van der Waals surface area (Å²) in [6.45, 7) is 4.81. The van der Waals surface area contributed by atoms with Crippen molar-refractivity contribution in [3.05, 3.63) is 22.2 Å². The number of rotatable bonds is 15. The quantitative estimate of drug-likeness (QED) is 0.212. The molecule has 0 radical (unpaired) electrons. The molecule has 0 aromatic carbocycles. The molecule has 11 nitrogen and oxygen atoms in total. The van der Waals surface area contributed by atoms with Gasteiger partial charge in [-0.1, -0.05) is 0 Å². The van der Waals surface area contributed by atoms with Gasteiger partial charge in [-0.25, -0.2) is 4.79 Å². The number of ether oxygens (including phenoxy) is 1. The average Bonchev–Trinajstić information content (AvgIpc) is 3.45. The molecule has 0 unspecified atom stereocenters. The van der Waals surface area contributed by atoms with Crippen LogP contribution in [0.2, 0.25) is 0 Å². The van der Waals surface area contributed by atoms with Gasteiger partial charge < -0.3 is 31.7 Å². The number of hydrogen-bond acceptors (Lipinski definition) is 8. The fourth-order valence-electron chi connectivity index (χ4n) is 13.4. The lowest BCUT2D eigenvalue weighted by atomic mass is 9.49. The first-order chi connectivity index (χ1) is 24.6. The molecule has 282 valence electrons. The molecule has 0 spiro atoms. The molecule has 2 amide bonds. The van der Waals surface area contributed by atoms with E-state index in [-0.39, 0.29) is 34.4 Å². The second-order valence-corrected chi connectivity index (χ2v) is 18.7. The Balaban J connectivity index is 0.967. The minimum absolute atomic E-state index is 0.0866. The zero-order valence-corrected chi connectivity index (χ0v) is 31.0. The van der Waals surface area contributed by atoms with Gasteiger partial charge in [0.25, 0.3) is 0 Å². The van der Waals surface area contributed by atoms with Gasteiger partial charge in [0.05, 0.1) is 12.1 Å². The highest BCUT2D eigenvalue weighted by molar-refractivity contribution is 5.78. The molecule has 1 aromatic rings. The highest BCUT2D eigenvalue weighted by Gasteiger charge is 2.53. The SMILES string of the molecule is Cc1cn([C@H]2C[C@H](NC(=O)CC34CC5CC(CC(C5)C3)C4)[C@@H](CNC(=O)CC34CC5CC(CC(C5)C3)C4)O2)c(=O)nc1N(CCCN)CCCN. The van der Waals surface area contributed by atoms with E-state index >= 15 is 0 Å². The largest absolute Gasteiger partial charge is 0.356 e. The summed E-state index contributed by atoms with van der Waals surface area (Å²) in [5.41, 5.74) is 12.4. The van der Waals surface area contributed by atoms with Gasteiger partial charge in [-0.2, -0.15) is 4.98 Å². The smallest absolute Gasteiger partial charge is 0.351 e. The second kappa shape index (κ2) is 14.4. The number of nitrogens with two attached hydrogens (primary N) is 2. The number of aryl methyl sites for hydroxylation is 1. The van der Waals surface area contributed by atoms with Crippen molar-refractivity contribution >= 4 is 17.6 Å². The number of carbonyl (C=O) groups excluding carboxylic acids is 2. The van der Waals surface area contributed by atoms with E-state index in [2.05, 4.69) is 20.5 Å². The van der Waals surface area contributed by atoms with Crippen molar-refractivity contribution in [2.24, 2.45) is 57.8 Å². The predicted octanol–water partition coefficient (Wildman–Crippen LogP) is 4.16. The lowest BCUT2D eigenvalue weighted by molar-refractivity contribution is -0.130. The Hall–Kier alpha value is -2.50. The summed E-state index contributed by atoms with van der Waals surface area (Å²) in [5.74, 6) is 5.59. The van der Waals surface area contributed by atoms with Gasteiger partial charge in [0.2, 0.25) is 11.8 Å². The molecule has 9 fully saturated rings. The van der Waals surface area contributed by atoms with Crippen molar-refractivity contribution < 1.29 is 14.3 Å². The maximum Gasteiger partial charge on any atom is 0.351 e. The average molecular weight is 706 g/mol. The van der Waals surface area contributed by atoms with E-state index in [0.29, 0.717) is 57.8 Å². The van der Waals surface area contributed by atoms with Crippen LogP contribution in [0.3, 0.4) is 0 Å². The summed E-state index contributed by atoms with van der Waals surface area (Å²) < 4.78 is 8.19. The summed E-state index contributed by atoms with van der Waals surface area (Å²) in [4.78, 5) is 47.8. The van der Waals surface area contributed by atoms with E-state index in [9.17, 15) is 14.4 Å². The van der Waals surface area contributed by atoms with Crippen LogP contribution in [0.5, 0.6) is 0 Å². The lowest BCUT2D eigenvalue weighted by Gasteiger charge is -2.56. The zero-order valence-electron chi connectivity index (χ0n) is 31.0. The van der Waals surface area contributed by atoms with E-state index in [1.165, 1.54) is 77.0 Å². The Bertz CT molecular complexity index is 1430. The molecule has 51 heavy (non-hydrogen) atoms. The summed E-state index contributed by atoms with van der Waals surface area (Å²) in [6.07, 6.45) is 19.3. The number of anilines is 1. The topological polar surface area (TPSA) is 158 Å². The first-order valence-corrected chi connectivity index (χ1v) is 20.6. The Kier molecular flexibility index (Phi) is 10.0. The minimum atomic E-state index is -0.589. The molecule has 8 aliphatic carbocycles. The summed E-state index contributed by atoms with van der Waals surface area (Å²) in [6, 6.07) is -0.311. The maximum atomic E-state index is 13.9. The lowest BCUT2D eigenvalue weighted by Crippen LogP contribution is -2.51. The van der Waals surface area contributed by atoms with Crippen LogP contribution in [-0.2, 0) is 14.3 Å². The molecular weight excluding hydrogens is 642 g/mol. The van der Waals surface area contributed by atoms with Crippen LogP contribution in [0.15, 0.2) is 11.0 Å². The maximum absolute atomic E-state index is 13.9. The fourth-order valence-corrected chi connectivity index (χ4v) is 13.4. The van der Waals surface area contributed by atoms with Gasteiger partial charge in [-0.05, 0) is 156 Å². The molecule has 2 heterocycles. The number of nitrogens with one attached hydrogen (secondary N) is 2. The third-order valence-corrected chi connectivity index (χ3v) is 14.5. The number of amides is 2. The van der Waals surface area contributed by atoms with E-state index in [1.807, 2.05) is 13.1 Å². The molecule has 8 bridgehead atoms. The van der Waals surface area contributed by atoms with Crippen LogP contribution >= 0.6 is 0 Å². The first kappa shape index (κ1) is 35.5. The molecule has 9 aliphatic rings. The molecule has 1 aliphatic heterocycles.